The number of hydrogen-bond donors (Lipinski definition) is 0. The van der Waals surface area contributed by atoms with Crippen molar-refractivity contribution in [3.05, 3.63) is 36.2 Å². The standard InChI is InChI=1S/C13H15NO4S/c1-3-19(15,16)9-11-8-18-13(14-11)10-4-6-12(17-2)7-5-10/h4-8H,3,9H2,1-2H3. The SMILES string of the molecule is CCS(=O)(=O)Cc1coc(-c2ccc(OC)cc2)n1. The van der Waals surface area contributed by atoms with E-state index in [0.717, 1.165) is 11.3 Å². The van der Waals surface area contributed by atoms with Gasteiger partial charge in [-0.05, 0) is 24.3 Å². The minimum absolute atomic E-state index is 0.0941. The molecule has 6 heteroatoms. The third-order valence-electron chi connectivity index (χ3n) is 2.70. The summed E-state index contributed by atoms with van der Waals surface area (Å²) in [6, 6.07) is 7.20. The van der Waals surface area contributed by atoms with Gasteiger partial charge in [0.05, 0.1) is 18.6 Å². The predicted octanol–water partition coefficient (Wildman–Crippen LogP) is 2.28. The van der Waals surface area contributed by atoms with Gasteiger partial charge in [0.2, 0.25) is 5.89 Å². The maximum absolute atomic E-state index is 11.5. The number of methoxy groups -OCH3 is 1. The molecule has 0 amide bonds. The molecule has 0 radical (unpaired) electrons. The minimum Gasteiger partial charge on any atom is -0.497 e. The Labute approximate surface area is 112 Å². The molecule has 0 spiro atoms. The highest BCUT2D eigenvalue weighted by Gasteiger charge is 2.13. The fraction of sp³-hybridized carbons (Fsp3) is 0.308. The van der Waals surface area contributed by atoms with Crippen LogP contribution in [0.3, 0.4) is 0 Å². The average Bonchev–Trinajstić information content (AvgIpc) is 2.86. The maximum atomic E-state index is 11.5. The topological polar surface area (TPSA) is 69.4 Å². The largest absolute Gasteiger partial charge is 0.497 e. The number of sulfone groups is 1. The van der Waals surface area contributed by atoms with Gasteiger partial charge in [0.1, 0.15) is 12.0 Å². The average molecular weight is 281 g/mol. The van der Waals surface area contributed by atoms with Crippen LogP contribution in [-0.2, 0) is 15.6 Å². The monoisotopic (exact) mass is 281 g/mol. The van der Waals surface area contributed by atoms with Crippen LogP contribution in [0.1, 0.15) is 12.6 Å². The second kappa shape index (κ2) is 5.44. The van der Waals surface area contributed by atoms with Crippen LogP contribution in [0.2, 0.25) is 0 Å². The van der Waals surface area contributed by atoms with Crippen molar-refractivity contribution in [3.63, 3.8) is 0 Å². The van der Waals surface area contributed by atoms with Crippen molar-refractivity contribution in [3.8, 4) is 17.2 Å². The first kappa shape index (κ1) is 13.6. The Morgan fingerprint density at radius 2 is 1.95 bits per heavy atom. The van der Waals surface area contributed by atoms with Crippen LogP contribution in [0.5, 0.6) is 5.75 Å². The van der Waals surface area contributed by atoms with E-state index < -0.39 is 9.84 Å². The third-order valence-corrected chi connectivity index (χ3v) is 4.31. The van der Waals surface area contributed by atoms with Gasteiger partial charge in [0, 0.05) is 11.3 Å². The molecule has 0 atom stereocenters. The Morgan fingerprint density at radius 1 is 1.26 bits per heavy atom. The quantitative estimate of drug-likeness (QED) is 0.841. The molecule has 0 aliphatic heterocycles. The van der Waals surface area contributed by atoms with E-state index in [9.17, 15) is 8.42 Å². The molecule has 0 bridgehead atoms. The smallest absolute Gasteiger partial charge is 0.226 e. The molecular weight excluding hydrogens is 266 g/mol. The molecule has 5 nitrogen and oxygen atoms in total. The van der Waals surface area contributed by atoms with Crippen LogP contribution < -0.4 is 4.74 Å². The Balaban J connectivity index is 2.20. The summed E-state index contributed by atoms with van der Waals surface area (Å²) in [5, 5.41) is 0. The second-order valence-corrected chi connectivity index (χ2v) is 6.40. The zero-order chi connectivity index (χ0) is 13.9. The zero-order valence-corrected chi connectivity index (χ0v) is 11.6. The minimum atomic E-state index is -3.09. The fourth-order valence-corrected chi connectivity index (χ4v) is 2.35. The number of benzene rings is 1. The summed E-state index contributed by atoms with van der Waals surface area (Å²) in [6.07, 6.45) is 1.38. The van der Waals surface area contributed by atoms with Gasteiger partial charge in [0.15, 0.2) is 9.84 Å². The van der Waals surface area contributed by atoms with E-state index in [0.29, 0.717) is 11.6 Å². The Morgan fingerprint density at radius 3 is 2.53 bits per heavy atom. The molecule has 0 saturated heterocycles. The first-order valence-electron chi connectivity index (χ1n) is 5.83. The van der Waals surface area contributed by atoms with Crippen LogP contribution >= 0.6 is 0 Å². The van der Waals surface area contributed by atoms with Gasteiger partial charge in [-0.15, -0.1) is 0 Å². The van der Waals surface area contributed by atoms with Crippen molar-refractivity contribution in [2.24, 2.45) is 0 Å². The van der Waals surface area contributed by atoms with E-state index in [-0.39, 0.29) is 11.5 Å². The number of nitrogens with zero attached hydrogens (tertiary/aromatic N) is 1. The van der Waals surface area contributed by atoms with Crippen LogP contribution in [0.15, 0.2) is 34.9 Å². The van der Waals surface area contributed by atoms with Crippen molar-refractivity contribution in [2.45, 2.75) is 12.7 Å². The van der Waals surface area contributed by atoms with Crippen molar-refractivity contribution in [2.75, 3.05) is 12.9 Å². The number of aromatic nitrogens is 1. The highest BCUT2D eigenvalue weighted by atomic mass is 32.2. The first-order chi connectivity index (χ1) is 9.04. The third kappa shape index (κ3) is 3.35. The van der Waals surface area contributed by atoms with Crippen molar-refractivity contribution in [1.82, 2.24) is 4.98 Å². The normalized spacial score (nSPS) is 11.5. The summed E-state index contributed by atoms with van der Waals surface area (Å²) in [5.41, 5.74) is 1.20. The molecule has 1 aromatic heterocycles. The molecule has 0 fully saturated rings. The van der Waals surface area contributed by atoms with E-state index in [1.165, 1.54) is 6.26 Å². The highest BCUT2D eigenvalue weighted by molar-refractivity contribution is 7.90. The molecule has 2 rings (SSSR count). The molecule has 0 N–H and O–H groups in total. The summed E-state index contributed by atoms with van der Waals surface area (Å²) in [4.78, 5) is 4.18. The van der Waals surface area contributed by atoms with Crippen LogP contribution in [0.25, 0.3) is 11.5 Å². The summed E-state index contributed by atoms with van der Waals surface area (Å²) in [5.74, 6) is 1.15. The van der Waals surface area contributed by atoms with Crippen LogP contribution in [0, 0.1) is 0 Å². The molecule has 1 aromatic carbocycles. The summed E-state index contributed by atoms with van der Waals surface area (Å²) in [7, 11) is -1.50. The van der Waals surface area contributed by atoms with Gasteiger partial charge in [-0.3, -0.25) is 0 Å². The van der Waals surface area contributed by atoms with E-state index in [4.69, 9.17) is 9.15 Å². The van der Waals surface area contributed by atoms with Gasteiger partial charge in [-0.25, -0.2) is 13.4 Å². The molecule has 2 aromatic rings. The highest BCUT2D eigenvalue weighted by Crippen LogP contribution is 2.22. The second-order valence-electron chi connectivity index (χ2n) is 4.05. The number of oxazole rings is 1. The van der Waals surface area contributed by atoms with Gasteiger partial charge in [0.25, 0.3) is 0 Å². The van der Waals surface area contributed by atoms with Crippen molar-refractivity contribution < 1.29 is 17.6 Å². The lowest BCUT2D eigenvalue weighted by atomic mass is 10.2. The van der Waals surface area contributed by atoms with Crippen LogP contribution in [0.4, 0.5) is 0 Å². The van der Waals surface area contributed by atoms with Gasteiger partial charge in [-0.1, -0.05) is 6.92 Å². The summed E-state index contributed by atoms with van der Waals surface area (Å²) in [6.45, 7) is 1.61. The van der Waals surface area contributed by atoms with Crippen molar-refractivity contribution >= 4 is 9.84 Å². The Kier molecular flexibility index (Phi) is 3.90. The van der Waals surface area contributed by atoms with Gasteiger partial charge < -0.3 is 9.15 Å². The van der Waals surface area contributed by atoms with Gasteiger partial charge >= 0.3 is 0 Å². The van der Waals surface area contributed by atoms with E-state index in [2.05, 4.69) is 4.98 Å². The lowest BCUT2D eigenvalue weighted by Gasteiger charge is -1.99. The van der Waals surface area contributed by atoms with E-state index in [1.54, 1.807) is 26.2 Å². The lowest BCUT2D eigenvalue weighted by Crippen LogP contribution is -2.06. The van der Waals surface area contributed by atoms with Crippen molar-refractivity contribution in [1.29, 1.82) is 0 Å². The first-order valence-corrected chi connectivity index (χ1v) is 7.65. The summed E-state index contributed by atoms with van der Waals surface area (Å²) < 4.78 is 33.4. The lowest BCUT2D eigenvalue weighted by molar-refractivity contribution is 0.415. The number of rotatable bonds is 5. The number of hydrogen-bond acceptors (Lipinski definition) is 5. The van der Waals surface area contributed by atoms with E-state index >= 15 is 0 Å². The molecule has 0 aliphatic carbocycles. The molecule has 102 valence electrons. The van der Waals surface area contributed by atoms with Crippen LogP contribution in [-0.4, -0.2) is 26.3 Å². The zero-order valence-electron chi connectivity index (χ0n) is 10.8. The van der Waals surface area contributed by atoms with Gasteiger partial charge in [-0.2, -0.15) is 0 Å². The molecule has 0 saturated carbocycles. The molecule has 0 aliphatic rings. The molecule has 0 unspecified atom stereocenters. The molecule has 1 heterocycles. The maximum Gasteiger partial charge on any atom is 0.226 e. The molecular formula is C13H15NO4S. The fourth-order valence-electron chi connectivity index (χ4n) is 1.57. The summed E-state index contributed by atoms with van der Waals surface area (Å²) >= 11 is 0. The predicted molar refractivity (Wildman–Crippen MR) is 71.7 cm³/mol. The number of ether oxygens (including phenoxy) is 1. The molecule has 19 heavy (non-hydrogen) atoms. The van der Waals surface area contributed by atoms with E-state index in [1.807, 2.05) is 12.1 Å². The Hall–Kier alpha value is -1.82. The Bertz CT molecular complexity index is 644.